The van der Waals surface area contributed by atoms with Crippen molar-refractivity contribution in [3.05, 3.63) is 194 Å². The number of benzene rings is 8. The first-order chi connectivity index (χ1) is 26.7. The molecule has 0 unspecified atom stereocenters. The van der Waals surface area contributed by atoms with E-state index in [9.17, 15) is 0 Å². The normalized spacial score (nSPS) is 11.3. The molecule has 0 fully saturated rings. The molecule has 2 heterocycles. The minimum absolute atomic E-state index is 0.605. The lowest BCUT2D eigenvalue weighted by atomic mass is 9.99. The first kappa shape index (κ1) is 31.4. The van der Waals surface area contributed by atoms with Crippen LogP contribution in [0.3, 0.4) is 0 Å². The molecule has 0 aliphatic rings. The van der Waals surface area contributed by atoms with Gasteiger partial charge in [0.25, 0.3) is 0 Å². The molecule has 8 aromatic carbocycles. The molecule has 4 nitrogen and oxygen atoms in total. The highest BCUT2D eigenvalue weighted by atomic mass is 15.0. The fraction of sp³-hybridized carbons (Fsp3) is 0. The Bertz CT molecular complexity index is 2860. The molecule has 0 saturated carbocycles. The monoisotopic (exact) mass is 688 g/mol. The molecule has 54 heavy (non-hydrogen) atoms. The van der Waals surface area contributed by atoms with Gasteiger partial charge in [0.2, 0.25) is 0 Å². The van der Waals surface area contributed by atoms with Gasteiger partial charge in [0.05, 0.1) is 11.2 Å². The fourth-order valence-corrected chi connectivity index (χ4v) is 7.30. The van der Waals surface area contributed by atoms with Crippen molar-refractivity contribution >= 4 is 32.4 Å². The number of rotatable bonds is 6. The molecule has 0 saturated heterocycles. The lowest BCUT2D eigenvalue weighted by Gasteiger charge is -2.11. The Morgan fingerprint density at radius 2 is 0.704 bits per heavy atom. The summed E-state index contributed by atoms with van der Waals surface area (Å²) in [4.78, 5) is 20.5. The summed E-state index contributed by atoms with van der Waals surface area (Å²) in [5.74, 6) is 1.85. The molecule has 2 aromatic heterocycles. The van der Waals surface area contributed by atoms with Crippen molar-refractivity contribution < 1.29 is 0 Å². The molecule has 0 aliphatic heterocycles. The first-order valence-corrected chi connectivity index (χ1v) is 18.1. The van der Waals surface area contributed by atoms with Gasteiger partial charge in [-0.05, 0) is 50.5 Å². The number of pyridine rings is 1. The van der Waals surface area contributed by atoms with E-state index in [-0.39, 0.29) is 0 Å². The molecule has 0 radical (unpaired) electrons. The van der Waals surface area contributed by atoms with E-state index in [1.165, 1.54) is 27.3 Å². The Kier molecular flexibility index (Phi) is 7.77. The molecular weight excluding hydrogens is 657 g/mol. The van der Waals surface area contributed by atoms with Crippen molar-refractivity contribution in [1.29, 1.82) is 0 Å². The highest BCUT2D eigenvalue weighted by molar-refractivity contribution is 6.16. The number of hydrogen-bond acceptors (Lipinski definition) is 4. The van der Waals surface area contributed by atoms with Crippen LogP contribution < -0.4 is 0 Å². The predicted molar refractivity (Wildman–Crippen MR) is 223 cm³/mol. The van der Waals surface area contributed by atoms with Crippen LogP contribution >= 0.6 is 0 Å². The van der Waals surface area contributed by atoms with Gasteiger partial charge in [-0.2, -0.15) is 0 Å². The average molecular weight is 689 g/mol. The average Bonchev–Trinajstić information content (AvgIpc) is 3.26. The lowest BCUT2D eigenvalue weighted by Crippen LogP contribution is -2.00. The second-order valence-electron chi connectivity index (χ2n) is 13.5. The molecule has 10 aromatic rings. The molecule has 0 bridgehead atoms. The van der Waals surface area contributed by atoms with E-state index in [1.807, 2.05) is 12.1 Å². The van der Waals surface area contributed by atoms with E-state index >= 15 is 0 Å². The summed E-state index contributed by atoms with van der Waals surface area (Å²) in [6.45, 7) is 0. The molecule has 4 heteroatoms. The van der Waals surface area contributed by atoms with Gasteiger partial charge in [-0.1, -0.05) is 182 Å². The summed E-state index contributed by atoms with van der Waals surface area (Å²) in [7, 11) is 0. The van der Waals surface area contributed by atoms with Crippen molar-refractivity contribution in [3.63, 3.8) is 0 Å². The zero-order chi connectivity index (χ0) is 35.8. The maximum Gasteiger partial charge on any atom is 0.164 e. The largest absolute Gasteiger partial charge is 0.247 e. The topological polar surface area (TPSA) is 51.6 Å². The van der Waals surface area contributed by atoms with Gasteiger partial charge in [-0.15, -0.1) is 0 Å². The maximum absolute atomic E-state index is 5.26. The Labute approximate surface area is 313 Å². The molecule has 0 spiro atoms. The minimum atomic E-state index is 0.605. The van der Waals surface area contributed by atoms with Gasteiger partial charge in [0, 0.05) is 33.0 Å². The van der Waals surface area contributed by atoms with Gasteiger partial charge in [-0.25, -0.2) is 19.9 Å². The summed E-state index contributed by atoms with van der Waals surface area (Å²) < 4.78 is 0. The molecule has 0 N–H and O–H groups in total. The third kappa shape index (κ3) is 5.86. The van der Waals surface area contributed by atoms with Gasteiger partial charge in [0.15, 0.2) is 17.5 Å². The third-order valence-electron chi connectivity index (χ3n) is 10.1. The zero-order valence-electron chi connectivity index (χ0n) is 29.3. The third-order valence-corrected chi connectivity index (χ3v) is 10.1. The van der Waals surface area contributed by atoms with E-state index < -0.39 is 0 Å². The Morgan fingerprint density at radius 3 is 1.35 bits per heavy atom. The molecule has 0 amide bonds. The summed E-state index contributed by atoms with van der Waals surface area (Å²) in [5.41, 5.74) is 10.2. The summed E-state index contributed by atoms with van der Waals surface area (Å²) >= 11 is 0. The van der Waals surface area contributed by atoms with Crippen molar-refractivity contribution in [3.8, 4) is 67.7 Å². The van der Waals surface area contributed by atoms with Crippen LogP contribution in [0.4, 0.5) is 0 Å². The summed E-state index contributed by atoms with van der Waals surface area (Å²) in [6.07, 6.45) is 0. The van der Waals surface area contributed by atoms with Gasteiger partial charge < -0.3 is 0 Å². The fourth-order valence-electron chi connectivity index (χ4n) is 7.30. The molecule has 10 rings (SSSR count). The number of hydrogen-bond donors (Lipinski definition) is 0. The molecular formula is C50H32N4. The number of fused-ring (bicyclic) bond motifs is 5. The SMILES string of the molecule is c1ccc(-c2ccc(-c3nc(-c4ccc(-c5ccccc5)cc4)nc(-c4cccc(-c5ccc6ccc7c8ccccc8ccc7c6n5)c4)n3)cc2)cc1. The molecule has 252 valence electrons. The highest BCUT2D eigenvalue weighted by Gasteiger charge is 2.15. The maximum atomic E-state index is 5.26. The van der Waals surface area contributed by atoms with Crippen molar-refractivity contribution in [2.45, 2.75) is 0 Å². The second kappa shape index (κ2) is 13.4. The van der Waals surface area contributed by atoms with Gasteiger partial charge in [-0.3, -0.25) is 0 Å². The smallest absolute Gasteiger partial charge is 0.164 e. The van der Waals surface area contributed by atoms with Crippen LogP contribution in [0.25, 0.3) is 100 Å². The Balaban J connectivity index is 1.07. The number of nitrogens with zero attached hydrogens (tertiary/aromatic N) is 4. The summed E-state index contributed by atoms with van der Waals surface area (Å²) in [5, 5.41) is 5.92. The van der Waals surface area contributed by atoms with Crippen molar-refractivity contribution in [2.75, 3.05) is 0 Å². The van der Waals surface area contributed by atoms with Crippen LogP contribution in [0.1, 0.15) is 0 Å². The molecule has 0 atom stereocenters. The van der Waals surface area contributed by atoms with E-state index in [4.69, 9.17) is 19.9 Å². The van der Waals surface area contributed by atoms with Crippen LogP contribution in [-0.2, 0) is 0 Å². The van der Waals surface area contributed by atoms with Gasteiger partial charge in [0.1, 0.15) is 0 Å². The van der Waals surface area contributed by atoms with E-state index in [2.05, 4.69) is 182 Å². The Morgan fingerprint density at radius 1 is 0.241 bits per heavy atom. The van der Waals surface area contributed by atoms with Crippen LogP contribution in [0.5, 0.6) is 0 Å². The molecule has 0 aliphatic carbocycles. The van der Waals surface area contributed by atoms with Gasteiger partial charge >= 0.3 is 0 Å². The number of aromatic nitrogens is 4. The van der Waals surface area contributed by atoms with E-state index in [0.717, 1.165) is 55.4 Å². The second-order valence-corrected chi connectivity index (χ2v) is 13.5. The predicted octanol–water partition coefficient (Wildman–Crippen LogP) is 12.7. The van der Waals surface area contributed by atoms with Crippen LogP contribution in [-0.4, -0.2) is 19.9 Å². The summed E-state index contributed by atoms with van der Waals surface area (Å²) in [6, 6.07) is 67.5. The van der Waals surface area contributed by atoms with E-state index in [0.29, 0.717) is 17.5 Å². The lowest BCUT2D eigenvalue weighted by molar-refractivity contribution is 1.07. The Hall–Kier alpha value is -7.30. The van der Waals surface area contributed by atoms with Crippen LogP contribution in [0.15, 0.2) is 194 Å². The standard InChI is InChI=1S/C50H32N4/c1-3-10-33(11-4-1)35-18-22-39(23-19-35)48-52-49(40-24-20-36(21-25-40)34-12-5-2-6-13-34)54-50(53-48)42-16-9-15-41(32-42)46-31-28-38-27-29-44-43-17-8-7-14-37(43)26-30-45(44)47(38)51-46/h1-32H. The highest BCUT2D eigenvalue weighted by Crippen LogP contribution is 2.34. The van der Waals surface area contributed by atoms with Crippen LogP contribution in [0.2, 0.25) is 0 Å². The van der Waals surface area contributed by atoms with Crippen molar-refractivity contribution in [1.82, 2.24) is 19.9 Å². The van der Waals surface area contributed by atoms with Crippen LogP contribution in [0, 0.1) is 0 Å². The minimum Gasteiger partial charge on any atom is -0.247 e. The zero-order valence-corrected chi connectivity index (χ0v) is 29.3. The van der Waals surface area contributed by atoms with Crippen molar-refractivity contribution in [2.24, 2.45) is 0 Å². The first-order valence-electron chi connectivity index (χ1n) is 18.1. The van der Waals surface area contributed by atoms with E-state index in [1.54, 1.807) is 0 Å². The quantitative estimate of drug-likeness (QED) is 0.163.